The van der Waals surface area contributed by atoms with Crippen molar-refractivity contribution in [2.24, 2.45) is 0 Å². The third kappa shape index (κ3) is 5.93. The van der Waals surface area contributed by atoms with E-state index in [4.69, 9.17) is 9.47 Å². The van der Waals surface area contributed by atoms with Gasteiger partial charge in [-0.2, -0.15) is 0 Å². The molecule has 0 atom stereocenters. The predicted molar refractivity (Wildman–Crippen MR) is 159 cm³/mol. The van der Waals surface area contributed by atoms with Crippen LogP contribution in [0.15, 0.2) is 133 Å². The first-order valence-electron chi connectivity index (χ1n) is 12.7. The first kappa shape index (κ1) is 24.9. The Kier molecular flexibility index (Phi) is 7.81. The Hall–Kier alpha value is -4.82. The highest BCUT2D eigenvalue weighted by Crippen LogP contribution is 2.30. The van der Waals surface area contributed by atoms with E-state index in [2.05, 4.69) is 121 Å². The molecule has 0 aliphatic carbocycles. The van der Waals surface area contributed by atoms with E-state index >= 15 is 0 Å². The van der Waals surface area contributed by atoms with Crippen LogP contribution in [0.3, 0.4) is 0 Å². The molecule has 38 heavy (non-hydrogen) atoms. The standard InChI is InChI=1S/C36H30O2/c1-37-33-20-16-31(17-21-33)36(32-18-22-34(38-2)23-19-32)26-28-11-9-10-27(24-28)25-35(29-12-5-3-6-13-29)30-14-7-4-8-15-30/h3-26H,1-2H3. The molecule has 0 saturated carbocycles. The van der Waals surface area contributed by atoms with E-state index in [1.807, 2.05) is 24.3 Å². The Morgan fingerprint density at radius 3 is 1.16 bits per heavy atom. The first-order chi connectivity index (χ1) is 18.7. The third-order valence-electron chi connectivity index (χ3n) is 6.50. The predicted octanol–water partition coefficient (Wildman–Crippen LogP) is 8.88. The second-order valence-corrected chi connectivity index (χ2v) is 8.98. The summed E-state index contributed by atoms with van der Waals surface area (Å²) in [5.41, 5.74) is 9.21. The van der Waals surface area contributed by atoms with Gasteiger partial charge in [-0.05, 0) is 87.0 Å². The van der Waals surface area contributed by atoms with Crippen molar-refractivity contribution < 1.29 is 9.47 Å². The van der Waals surface area contributed by atoms with Gasteiger partial charge in [-0.25, -0.2) is 0 Å². The van der Waals surface area contributed by atoms with Gasteiger partial charge >= 0.3 is 0 Å². The summed E-state index contributed by atoms with van der Waals surface area (Å²) in [7, 11) is 3.38. The van der Waals surface area contributed by atoms with Crippen LogP contribution in [0.1, 0.15) is 33.4 Å². The fourth-order valence-corrected chi connectivity index (χ4v) is 4.52. The quantitative estimate of drug-likeness (QED) is 0.201. The van der Waals surface area contributed by atoms with Crippen LogP contribution in [0, 0.1) is 0 Å². The van der Waals surface area contributed by atoms with Crippen molar-refractivity contribution in [2.45, 2.75) is 0 Å². The molecule has 0 saturated heterocycles. The smallest absolute Gasteiger partial charge is 0.118 e. The highest BCUT2D eigenvalue weighted by atomic mass is 16.5. The zero-order chi connectivity index (χ0) is 26.2. The van der Waals surface area contributed by atoms with Gasteiger partial charge in [0.25, 0.3) is 0 Å². The molecule has 2 nitrogen and oxygen atoms in total. The Labute approximate surface area is 225 Å². The molecule has 2 heteroatoms. The van der Waals surface area contributed by atoms with Gasteiger partial charge in [-0.15, -0.1) is 0 Å². The number of ether oxygens (including phenoxy) is 2. The van der Waals surface area contributed by atoms with Gasteiger partial charge in [0.05, 0.1) is 14.2 Å². The molecule has 5 aromatic carbocycles. The topological polar surface area (TPSA) is 18.5 Å². The number of benzene rings is 5. The van der Waals surface area contributed by atoms with Crippen LogP contribution < -0.4 is 9.47 Å². The van der Waals surface area contributed by atoms with E-state index in [0.29, 0.717) is 0 Å². The summed E-state index contributed by atoms with van der Waals surface area (Å²) in [4.78, 5) is 0. The van der Waals surface area contributed by atoms with Crippen LogP contribution >= 0.6 is 0 Å². The van der Waals surface area contributed by atoms with Gasteiger partial charge in [0.1, 0.15) is 11.5 Å². The molecule has 0 heterocycles. The highest BCUT2D eigenvalue weighted by molar-refractivity contribution is 5.94. The van der Waals surface area contributed by atoms with Crippen molar-refractivity contribution in [1.82, 2.24) is 0 Å². The van der Waals surface area contributed by atoms with Crippen LogP contribution in [0.5, 0.6) is 11.5 Å². The minimum atomic E-state index is 0.837. The van der Waals surface area contributed by atoms with Crippen molar-refractivity contribution in [2.75, 3.05) is 14.2 Å². The Morgan fingerprint density at radius 1 is 0.421 bits per heavy atom. The Balaban J connectivity index is 1.59. The molecule has 0 aliphatic rings. The molecule has 0 N–H and O–H groups in total. The normalized spacial score (nSPS) is 10.4. The molecule has 5 aromatic rings. The minimum absolute atomic E-state index is 0.837. The van der Waals surface area contributed by atoms with E-state index in [1.165, 1.54) is 16.7 Å². The van der Waals surface area contributed by atoms with Crippen LogP contribution in [0.2, 0.25) is 0 Å². The molecule has 0 amide bonds. The summed E-state index contributed by atoms with van der Waals surface area (Å²) < 4.78 is 10.8. The number of rotatable bonds is 8. The Morgan fingerprint density at radius 2 is 0.789 bits per heavy atom. The zero-order valence-electron chi connectivity index (χ0n) is 21.7. The van der Waals surface area contributed by atoms with Gasteiger partial charge in [-0.3, -0.25) is 0 Å². The van der Waals surface area contributed by atoms with Crippen molar-refractivity contribution in [1.29, 1.82) is 0 Å². The van der Waals surface area contributed by atoms with E-state index < -0.39 is 0 Å². The van der Waals surface area contributed by atoms with E-state index in [-0.39, 0.29) is 0 Å². The average Bonchev–Trinajstić information content (AvgIpc) is 3.00. The van der Waals surface area contributed by atoms with Crippen molar-refractivity contribution in [3.05, 3.63) is 167 Å². The number of hydrogen-bond donors (Lipinski definition) is 0. The van der Waals surface area contributed by atoms with E-state index in [1.54, 1.807) is 14.2 Å². The molecule has 0 radical (unpaired) electrons. The lowest BCUT2D eigenvalue weighted by Crippen LogP contribution is -1.91. The summed E-state index contributed by atoms with van der Waals surface area (Å²) in [5, 5.41) is 0. The molecule has 0 aromatic heterocycles. The van der Waals surface area contributed by atoms with E-state index in [0.717, 1.165) is 39.3 Å². The van der Waals surface area contributed by atoms with Crippen LogP contribution in [0.4, 0.5) is 0 Å². The molecule has 0 fully saturated rings. The van der Waals surface area contributed by atoms with Gasteiger partial charge in [0, 0.05) is 0 Å². The van der Waals surface area contributed by atoms with Crippen molar-refractivity contribution >= 4 is 23.3 Å². The highest BCUT2D eigenvalue weighted by Gasteiger charge is 2.09. The Bertz CT molecular complexity index is 1440. The summed E-state index contributed by atoms with van der Waals surface area (Å²) >= 11 is 0. The number of methoxy groups -OCH3 is 2. The molecule has 186 valence electrons. The van der Waals surface area contributed by atoms with E-state index in [9.17, 15) is 0 Å². The molecule has 5 rings (SSSR count). The SMILES string of the molecule is COc1ccc(C(=Cc2cccc(C=C(c3ccccc3)c3ccccc3)c2)c2ccc(OC)cc2)cc1. The van der Waals surface area contributed by atoms with Crippen molar-refractivity contribution in [3.8, 4) is 11.5 Å². The second-order valence-electron chi connectivity index (χ2n) is 8.98. The molecular formula is C36H30O2. The fourth-order valence-electron chi connectivity index (χ4n) is 4.52. The summed E-state index contributed by atoms with van der Waals surface area (Å²) in [6, 6.07) is 46.1. The fraction of sp³-hybridized carbons (Fsp3) is 0.0556. The van der Waals surface area contributed by atoms with Crippen LogP contribution in [-0.4, -0.2) is 14.2 Å². The maximum atomic E-state index is 5.39. The molecule has 0 bridgehead atoms. The maximum Gasteiger partial charge on any atom is 0.118 e. The lowest BCUT2D eigenvalue weighted by atomic mass is 9.93. The van der Waals surface area contributed by atoms with Gasteiger partial charge in [-0.1, -0.05) is 103 Å². The van der Waals surface area contributed by atoms with Gasteiger partial charge in [0.15, 0.2) is 0 Å². The first-order valence-corrected chi connectivity index (χ1v) is 12.7. The average molecular weight is 495 g/mol. The second kappa shape index (κ2) is 11.9. The third-order valence-corrected chi connectivity index (χ3v) is 6.50. The zero-order valence-corrected chi connectivity index (χ0v) is 21.7. The van der Waals surface area contributed by atoms with Gasteiger partial charge < -0.3 is 9.47 Å². The lowest BCUT2D eigenvalue weighted by molar-refractivity contribution is 0.414. The molecule has 0 aliphatic heterocycles. The summed E-state index contributed by atoms with van der Waals surface area (Å²) in [6.07, 6.45) is 4.51. The molecule has 0 spiro atoms. The minimum Gasteiger partial charge on any atom is -0.497 e. The molecular weight excluding hydrogens is 464 g/mol. The number of hydrogen-bond acceptors (Lipinski definition) is 2. The lowest BCUT2D eigenvalue weighted by Gasteiger charge is -2.12. The van der Waals surface area contributed by atoms with Crippen LogP contribution in [0.25, 0.3) is 23.3 Å². The molecule has 0 unspecified atom stereocenters. The van der Waals surface area contributed by atoms with Crippen molar-refractivity contribution in [3.63, 3.8) is 0 Å². The summed E-state index contributed by atoms with van der Waals surface area (Å²) in [5.74, 6) is 1.67. The largest absolute Gasteiger partial charge is 0.497 e. The summed E-state index contributed by atoms with van der Waals surface area (Å²) in [6.45, 7) is 0. The maximum absolute atomic E-state index is 5.39. The van der Waals surface area contributed by atoms with Gasteiger partial charge in [0.2, 0.25) is 0 Å². The monoisotopic (exact) mass is 494 g/mol. The van der Waals surface area contributed by atoms with Crippen LogP contribution in [-0.2, 0) is 0 Å².